The van der Waals surface area contributed by atoms with E-state index in [1.807, 2.05) is 10.3 Å². The number of thiophene rings is 1. The number of amides is 1. The lowest BCUT2D eigenvalue weighted by Gasteiger charge is -2.33. The van der Waals surface area contributed by atoms with Crippen molar-refractivity contribution in [1.29, 1.82) is 0 Å². The first-order valence-corrected chi connectivity index (χ1v) is 8.67. The van der Waals surface area contributed by atoms with Gasteiger partial charge in [-0.3, -0.25) is 9.59 Å². The van der Waals surface area contributed by atoms with Gasteiger partial charge < -0.3 is 19.5 Å². The summed E-state index contributed by atoms with van der Waals surface area (Å²) in [5, 5.41) is 4.87. The first-order chi connectivity index (χ1) is 11.6. The van der Waals surface area contributed by atoms with Crippen molar-refractivity contribution in [3.63, 3.8) is 0 Å². The van der Waals surface area contributed by atoms with Crippen molar-refractivity contribution >= 4 is 23.1 Å². The monoisotopic (exact) mass is 348 g/mol. The van der Waals surface area contributed by atoms with E-state index in [-0.39, 0.29) is 17.5 Å². The van der Waals surface area contributed by atoms with Crippen molar-refractivity contribution in [2.75, 3.05) is 25.1 Å². The number of nitrogens with one attached hydrogen (secondary N) is 1. The summed E-state index contributed by atoms with van der Waals surface area (Å²) in [4.78, 5) is 31.4. The molecule has 0 unspecified atom stereocenters. The fourth-order valence-corrected chi connectivity index (χ4v) is 3.62. The number of hydrogen-bond donors (Lipinski definition) is 1. The number of carbonyl (C=O) groups excluding carboxylic acids is 1. The number of rotatable bonds is 4. The topological polar surface area (TPSA) is 76.5 Å². The van der Waals surface area contributed by atoms with Crippen LogP contribution >= 0.6 is 11.3 Å². The molecule has 0 radical (unpaired) electrons. The zero-order chi connectivity index (χ0) is 17.1. The number of ether oxygens (including phenoxy) is 1. The van der Waals surface area contributed by atoms with E-state index in [9.17, 15) is 9.59 Å². The zero-order valence-corrected chi connectivity index (χ0v) is 14.5. The van der Waals surface area contributed by atoms with Gasteiger partial charge in [0.15, 0.2) is 5.82 Å². The van der Waals surface area contributed by atoms with Gasteiger partial charge in [0.1, 0.15) is 10.6 Å². The number of methoxy groups -OCH3 is 1. The maximum absolute atomic E-state index is 12.4. The molecule has 7 nitrogen and oxygen atoms in total. The average Bonchev–Trinajstić information content (AvgIpc) is 3.06. The molecule has 1 amide bonds. The Morgan fingerprint density at radius 2 is 2.33 bits per heavy atom. The molecule has 0 aromatic carbocycles. The van der Waals surface area contributed by atoms with Crippen LogP contribution in [-0.4, -0.2) is 41.7 Å². The summed E-state index contributed by atoms with van der Waals surface area (Å²) < 4.78 is 6.71. The SMILES string of the molecule is COc1ccsc1C(=O)N[C@H]1CCCN(c2nccn(C)c2=O)C1. The summed E-state index contributed by atoms with van der Waals surface area (Å²) in [6.45, 7) is 1.34. The molecule has 1 fully saturated rings. The lowest BCUT2D eigenvalue weighted by Crippen LogP contribution is -2.49. The minimum atomic E-state index is -0.136. The van der Waals surface area contributed by atoms with Crippen LogP contribution < -0.4 is 20.5 Å². The van der Waals surface area contributed by atoms with Crippen LogP contribution in [0.3, 0.4) is 0 Å². The molecule has 1 N–H and O–H groups in total. The van der Waals surface area contributed by atoms with Crippen LogP contribution in [0.5, 0.6) is 5.75 Å². The van der Waals surface area contributed by atoms with E-state index < -0.39 is 0 Å². The van der Waals surface area contributed by atoms with Crippen LogP contribution in [0.2, 0.25) is 0 Å². The summed E-state index contributed by atoms with van der Waals surface area (Å²) >= 11 is 1.36. The molecule has 2 aromatic heterocycles. The van der Waals surface area contributed by atoms with Gasteiger partial charge in [0.25, 0.3) is 11.5 Å². The number of piperidine rings is 1. The summed E-state index contributed by atoms with van der Waals surface area (Å²) in [5.74, 6) is 0.888. The number of anilines is 1. The minimum absolute atomic E-state index is 0.0234. The van der Waals surface area contributed by atoms with E-state index in [1.54, 1.807) is 32.6 Å². The van der Waals surface area contributed by atoms with Gasteiger partial charge in [-0.1, -0.05) is 0 Å². The van der Waals surface area contributed by atoms with E-state index in [2.05, 4.69) is 10.3 Å². The number of aromatic nitrogens is 2. The molecule has 3 rings (SSSR count). The number of aryl methyl sites for hydroxylation is 1. The Morgan fingerprint density at radius 3 is 3.12 bits per heavy atom. The number of hydrogen-bond acceptors (Lipinski definition) is 6. The average molecular weight is 348 g/mol. The van der Waals surface area contributed by atoms with Gasteiger partial charge in [0.2, 0.25) is 0 Å². The first-order valence-electron chi connectivity index (χ1n) is 7.79. The molecule has 24 heavy (non-hydrogen) atoms. The highest BCUT2D eigenvalue weighted by Gasteiger charge is 2.25. The van der Waals surface area contributed by atoms with Gasteiger partial charge in [-0.25, -0.2) is 4.98 Å². The van der Waals surface area contributed by atoms with Gasteiger partial charge in [0.05, 0.1) is 7.11 Å². The first kappa shape index (κ1) is 16.5. The van der Waals surface area contributed by atoms with E-state index in [1.165, 1.54) is 15.9 Å². The summed E-state index contributed by atoms with van der Waals surface area (Å²) in [6.07, 6.45) is 5.03. The molecular weight excluding hydrogens is 328 g/mol. The Kier molecular flexibility index (Phi) is 4.84. The van der Waals surface area contributed by atoms with Gasteiger partial charge in [-0.05, 0) is 24.3 Å². The highest BCUT2D eigenvalue weighted by Crippen LogP contribution is 2.24. The lowest BCUT2D eigenvalue weighted by atomic mass is 10.1. The third-order valence-corrected chi connectivity index (χ3v) is 5.00. The molecule has 0 bridgehead atoms. The molecule has 3 heterocycles. The molecule has 1 aliphatic rings. The van der Waals surface area contributed by atoms with E-state index in [0.29, 0.717) is 23.0 Å². The fraction of sp³-hybridized carbons (Fsp3) is 0.438. The molecule has 2 aromatic rings. The third kappa shape index (κ3) is 3.28. The molecule has 1 atom stereocenters. The predicted octanol–water partition coefficient (Wildman–Crippen LogP) is 1.25. The lowest BCUT2D eigenvalue weighted by molar-refractivity contribution is 0.0934. The van der Waals surface area contributed by atoms with Gasteiger partial charge in [0, 0.05) is 38.6 Å². The Hall–Kier alpha value is -2.35. The van der Waals surface area contributed by atoms with Crippen molar-refractivity contribution < 1.29 is 9.53 Å². The number of carbonyl (C=O) groups is 1. The summed E-state index contributed by atoms with van der Waals surface area (Å²) in [5.41, 5.74) is -0.121. The second-order valence-electron chi connectivity index (χ2n) is 5.74. The Bertz CT molecular complexity index is 786. The maximum atomic E-state index is 12.4. The smallest absolute Gasteiger partial charge is 0.293 e. The Labute approximate surface area is 143 Å². The number of nitrogens with zero attached hydrogens (tertiary/aromatic N) is 3. The van der Waals surface area contributed by atoms with Crippen molar-refractivity contribution in [1.82, 2.24) is 14.9 Å². The molecule has 0 saturated carbocycles. The van der Waals surface area contributed by atoms with Crippen molar-refractivity contribution in [2.45, 2.75) is 18.9 Å². The van der Waals surface area contributed by atoms with Crippen molar-refractivity contribution in [2.24, 2.45) is 7.05 Å². The fourth-order valence-electron chi connectivity index (χ4n) is 2.86. The van der Waals surface area contributed by atoms with Crippen molar-refractivity contribution in [3.8, 4) is 5.75 Å². The van der Waals surface area contributed by atoms with Crippen LogP contribution in [0.25, 0.3) is 0 Å². The summed E-state index contributed by atoms with van der Waals surface area (Å²) in [6, 6.07) is 1.76. The van der Waals surface area contributed by atoms with E-state index in [0.717, 1.165) is 19.4 Å². The molecular formula is C16H20N4O3S. The predicted molar refractivity (Wildman–Crippen MR) is 93.1 cm³/mol. The largest absolute Gasteiger partial charge is 0.495 e. The normalized spacial score (nSPS) is 17.6. The zero-order valence-electron chi connectivity index (χ0n) is 13.7. The quantitative estimate of drug-likeness (QED) is 0.900. The highest BCUT2D eigenvalue weighted by molar-refractivity contribution is 7.12. The Morgan fingerprint density at radius 1 is 1.50 bits per heavy atom. The van der Waals surface area contributed by atoms with Crippen LogP contribution in [0.4, 0.5) is 5.82 Å². The summed E-state index contributed by atoms with van der Waals surface area (Å²) in [7, 11) is 3.26. The van der Waals surface area contributed by atoms with Gasteiger partial charge >= 0.3 is 0 Å². The molecule has 128 valence electrons. The highest BCUT2D eigenvalue weighted by atomic mass is 32.1. The minimum Gasteiger partial charge on any atom is -0.495 e. The second kappa shape index (κ2) is 7.04. The maximum Gasteiger partial charge on any atom is 0.293 e. The van der Waals surface area contributed by atoms with Gasteiger partial charge in [-0.2, -0.15) is 0 Å². The Balaban J connectivity index is 1.71. The third-order valence-electron chi connectivity index (χ3n) is 4.11. The second-order valence-corrected chi connectivity index (χ2v) is 6.66. The van der Waals surface area contributed by atoms with Crippen LogP contribution in [0, 0.1) is 0 Å². The molecule has 0 spiro atoms. The molecule has 0 aliphatic carbocycles. The van der Waals surface area contributed by atoms with Crippen LogP contribution in [0.1, 0.15) is 22.5 Å². The van der Waals surface area contributed by atoms with E-state index >= 15 is 0 Å². The van der Waals surface area contributed by atoms with Crippen molar-refractivity contribution in [3.05, 3.63) is 39.1 Å². The van der Waals surface area contributed by atoms with E-state index in [4.69, 9.17) is 4.74 Å². The molecule has 1 aliphatic heterocycles. The van der Waals surface area contributed by atoms with Crippen LogP contribution in [-0.2, 0) is 7.05 Å². The standard InChI is InChI=1S/C16H20N4O3S/c1-19-8-6-17-14(16(19)22)20-7-3-4-11(10-20)18-15(21)13-12(23-2)5-9-24-13/h5-6,8-9,11H,3-4,7,10H2,1-2H3,(H,18,21)/t11-/m0/s1. The molecule has 1 saturated heterocycles. The molecule has 8 heteroatoms. The van der Waals surface area contributed by atoms with Crippen LogP contribution in [0.15, 0.2) is 28.6 Å². The van der Waals surface area contributed by atoms with Gasteiger partial charge in [-0.15, -0.1) is 11.3 Å².